The van der Waals surface area contributed by atoms with Crippen LogP contribution in [0.2, 0.25) is 5.02 Å². The van der Waals surface area contributed by atoms with E-state index in [9.17, 15) is 5.11 Å². The summed E-state index contributed by atoms with van der Waals surface area (Å²) >= 11 is 9.66. The molecule has 4 rings (SSSR count). The SMILES string of the molecule is COc1nc2ccc(Br)cc2cc1C(c1ccc(Cl)cc1)C1(O)CCNCC1. The topological polar surface area (TPSA) is 54.4 Å². The van der Waals surface area contributed by atoms with E-state index in [0.29, 0.717) is 23.7 Å². The molecule has 0 spiro atoms. The maximum Gasteiger partial charge on any atom is 0.217 e. The third-order valence-electron chi connectivity index (χ3n) is 5.48. The minimum Gasteiger partial charge on any atom is -0.481 e. The van der Waals surface area contributed by atoms with Gasteiger partial charge >= 0.3 is 0 Å². The van der Waals surface area contributed by atoms with Crippen molar-refractivity contribution in [1.29, 1.82) is 0 Å². The third kappa shape index (κ3) is 3.77. The number of ether oxygens (including phenoxy) is 1. The van der Waals surface area contributed by atoms with Gasteiger partial charge in [0.25, 0.3) is 0 Å². The molecule has 0 amide bonds. The fraction of sp³-hybridized carbons (Fsp3) is 0.318. The first-order valence-corrected chi connectivity index (χ1v) is 10.5. The van der Waals surface area contributed by atoms with Gasteiger partial charge in [0.1, 0.15) is 0 Å². The van der Waals surface area contributed by atoms with Crippen molar-refractivity contribution in [2.24, 2.45) is 0 Å². The van der Waals surface area contributed by atoms with Crippen LogP contribution in [-0.4, -0.2) is 35.9 Å². The lowest BCUT2D eigenvalue weighted by molar-refractivity contribution is -0.00549. The Balaban J connectivity index is 1.93. The molecule has 1 aliphatic rings. The molecule has 2 aromatic carbocycles. The zero-order valence-electron chi connectivity index (χ0n) is 15.6. The van der Waals surface area contributed by atoms with Crippen LogP contribution in [0.15, 0.2) is 53.0 Å². The highest BCUT2D eigenvalue weighted by Gasteiger charge is 2.41. The Bertz CT molecular complexity index is 988. The third-order valence-corrected chi connectivity index (χ3v) is 6.23. The number of rotatable bonds is 4. The minimum absolute atomic E-state index is 0.266. The van der Waals surface area contributed by atoms with Gasteiger partial charge in [-0.2, -0.15) is 0 Å². The van der Waals surface area contributed by atoms with E-state index in [0.717, 1.165) is 39.6 Å². The van der Waals surface area contributed by atoms with E-state index >= 15 is 0 Å². The second-order valence-electron chi connectivity index (χ2n) is 7.26. The average molecular weight is 462 g/mol. The normalized spacial score (nSPS) is 17.4. The van der Waals surface area contributed by atoms with Gasteiger partial charge in [0.2, 0.25) is 5.88 Å². The number of hydrogen-bond donors (Lipinski definition) is 2. The number of pyridine rings is 1. The number of nitrogens with zero attached hydrogens (tertiary/aromatic N) is 1. The largest absolute Gasteiger partial charge is 0.481 e. The van der Waals surface area contributed by atoms with Crippen molar-refractivity contribution in [3.8, 4) is 5.88 Å². The maximum atomic E-state index is 11.7. The molecule has 1 unspecified atom stereocenters. The number of methoxy groups -OCH3 is 1. The Morgan fingerprint density at radius 3 is 2.54 bits per heavy atom. The summed E-state index contributed by atoms with van der Waals surface area (Å²) in [5.74, 6) is 0.277. The fourth-order valence-electron chi connectivity index (χ4n) is 4.10. The van der Waals surface area contributed by atoms with Gasteiger partial charge in [0, 0.05) is 26.4 Å². The molecule has 1 fully saturated rings. The standard InChI is InChI=1S/C22H22BrClN2O2/c1-28-21-18(13-15-12-16(23)4-7-19(15)26-21)20(14-2-5-17(24)6-3-14)22(27)8-10-25-11-9-22/h2-7,12-13,20,25,27H,8-11H2,1H3. The van der Waals surface area contributed by atoms with Crippen LogP contribution in [0.1, 0.15) is 29.9 Å². The van der Waals surface area contributed by atoms with Crippen LogP contribution in [0.25, 0.3) is 10.9 Å². The Morgan fingerprint density at radius 2 is 1.86 bits per heavy atom. The van der Waals surface area contributed by atoms with Gasteiger partial charge in [-0.1, -0.05) is 39.7 Å². The summed E-state index contributed by atoms with van der Waals surface area (Å²) in [4.78, 5) is 4.73. The van der Waals surface area contributed by atoms with Crippen LogP contribution in [0, 0.1) is 0 Å². The first kappa shape index (κ1) is 19.6. The lowest BCUT2D eigenvalue weighted by atomic mass is 9.72. The monoisotopic (exact) mass is 460 g/mol. The number of piperidine rings is 1. The lowest BCUT2D eigenvalue weighted by Gasteiger charge is -2.40. The number of fused-ring (bicyclic) bond motifs is 1. The van der Waals surface area contributed by atoms with Crippen LogP contribution in [0.5, 0.6) is 5.88 Å². The highest BCUT2D eigenvalue weighted by Crippen LogP contribution is 2.44. The molecular weight excluding hydrogens is 440 g/mol. The van der Waals surface area contributed by atoms with E-state index in [2.05, 4.69) is 27.3 Å². The summed E-state index contributed by atoms with van der Waals surface area (Å²) in [5.41, 5.74) is 1.85. The van der Waals surface area contributed by atoms with Crippen molar-refractivity contribution < 1.29 is 9.84 Å². The van der Waals surface area contributed by atoms with Crippen LogP contribution in [0.4, 0.5) is 0 Å². The van der Waals surface area contributed by atoms with E-state index in [1.807, 2.05) is 42.5 Å². The number of nitrogens with one attached hydrogen (secondary N) is 1. The molecule has 1 atom stereocenters. The Hall–Kier alpha value is -1.66. The predicted molar refractivity (Wildman–Crippen MR) is 116 cm³/mol. The highest BCUT2D eigenvalue weighted by molar-refractivity contribution is 9.10. The average Bonchev–Trinajstić information content (AvgIpc) is 2.69. The summed E-state index contributed by atoms with van der Waals surface area (Å²) in [5, 5.41) is 16.7. The number of hydrogen-bond acceptors (Lipinski definition) is 4. The van der Waals surface area contributed by atoms with Crippen molar-refractivity contribution in [2.45, 2.75) is 24.4 Å². The van der Waals surface area contributed by atoms with E-state index in [1.165, 1.54) is 0 Å². The molecule has 1 aliphatic heterocycles. The van der Waals surface area contributed by atoms with Gasteiger partial charge in [-0.25, -0.2) is 4.98 Å². The van der Waals surface area contributed by atoms with Gasteiger partial charge in [0.15, 0.2) is 0 Å². The van der Waals surface area contributed by atoms with Gasteiger partial charge in [-0.05, 0) is 67.9 Å². The zero-order valence-corrected chi connectivity index (χ0v) is 17.9. The molecule has 3 aromatic rings. The maximum absolute atomic E-state index is 11.7. The Labute approximate surface area is 178 Å². The number of benzene rings is 2. The summed E-state index contributed by atoms with van der Waals surface area (Å²) in [6.07, 6.45) is 1.31. The van der Waals surface area contributed by atoms with Gasteiger partial charge in [0.05, 0.1) is 18.2 Å². The van der Waals surface area contributed by atoms with Crippen molar-refractivity contribution in [3.05, 3.63) is 69.2 Å². The first-order valence-electron chi connectivity index (χ1n) is 9.33. The first-order chi connectivity index (χ1) is 13.5. The fourth-order valence-corrected chi connectivity index (χ4v) is 4.60. The summed E-state index contributed by atoms with van der Waals surface area (Å²) in [7, 11) is 1.63. The van der Waals surface area contributed by atoms with E-state index < -0.39 is 5.60 Å². The quantitative estimate of drug-likeness (QED) is 0.580. The van der Waals surface area contributed by atoms with E-state index in [1.54, 1.807) is 7.11 Å². The zero-order chi connectivity index (χ0) is 19.7. The molecule has 146 valence electrons. The molecule has 0 bridgehead atoms. The molecule has 6 heteroatoms. The molecular formula is C22H22BrClN2O2. The smallest absolute Gasteiger partial charge is 0.217 e. The summed E-state index contributed by atoms with van der Waals surface area (Å²) in [6.45, 7) is 1.55. The number of aromatic nitrogens is 1. The molecule has 4 nitrogen and oxygen atoms in total. The molecule has 1 aromatic heterocycles. The second kappa shape index (κ2) is 7.99. The lowest BCUT2D eigenvalue weighted by Crippen LogP contribution is -2.46. The summed E-state index contributed by atoms with van der Waals surface area (Å²) in [6, 6.07) is 15.8. The Morgan fingerprint density at radius 1 is 1.14 bits per heavy atom. The number of halogens is 2. The summed E-state index contributed by atoms with van der Waals surface area (Å²) < 4.78 is 6.66. The van der Waals surface area contributed by atoms with Crippen LogP contribution >= 0.6 is 27.5 Å². The van der Waals surface area contributed by atoms with Crippen molar-refractivity contribution in [1.82, 2.24) is 10.3 Å². The molecule has 0 aliphatic carbocycles. The van der Waals surface area contributed by atoms with Gasteiger partial charge < -0.3 is 15.2 Å². The molecule has 0 saturated carbocycles. The molecule has 28 heavy (non-hydrogen) atoms. The van der Waals surface area contributed by atoms with Crippen LogP contribution < -0.4 is 10.1 Å². The van der Waals surface area contributed by atoms with E-state index in [4.69, 9.17) is 21.3 Å². The number of aliphatic hydroxyl groups is 1. The van der Waals surface area contributed by atoms with Crippen molar-refractivity contribution >= 4 is 38.4 Å². The minimum atomic E-state index is -0.895. The van der Waals surface area contributed by atoms with Gasteiger partial charge in [-0.15, -0.1) is 0 Å². The molecule has 1 saturated heterocycles. The second-order valence-corrected chi connectivity index (χ2v) is 8.61. The van der Waals surface area contributed by atoms with Crippen LogP contribution in [-0.2, 0) is 0 Å². The molecule has 0 radical (unpaired) electrons. The molecule has 2 heterocycles. The predicted octanol–water partition coefficient (Wildman–Crippen LogP) is 4.91. The van der Waals surface area contributed by atoms with E-state index in [-0.39, 0.29) is 5.92 Å². The van der Waals surface area contributed by atoms with Crippen molar-refractivity contribution in [2.75, 3.05) is 20.2 Å². The Kier molecular flexibility index (Phi) is 5.61. The van der Waals surface area contributed by atoms with Gasteiger partial charge in [-0.3, -0.25) is 0 Å². The molecule has 2 N–H and O–H groups in total. The van der Waals surface area contributed by atoms with Crippen molar-refractivity contribution in [3.63, 3.8) is 0 Å². The van der Waals surface area contributed by atoms with Crippen LogP contribution in [0.3, 0.4) is 0 Å². The highest BCUT2D eigenvalue weighted by atomic mass is 79.9.